The first-order chi connectivity index (χ1) is 8.78. The molecule has 3 rings (SSSR count). The number of aromatic nitrogens is 1. The van der Waals surface area contributed by atoms with Crippen LogP contribution < -0.4 is 10.5 Å². The number of H-pyrrole nitrogens is 1. The summed E-state index contributed by atoms with van der Waals surface area (Å²) in [5, 5.41) is 1.06. The Morgan fingerprint density at radius 1 is 1.06 bits per heavy atom. The number of nitrogen functional groups attached to an aromatic ring is 1. The van der Waals surface area contributed by atoms with Crippen molar-refractivity contribution in [1.29, 1.82) is 0 Å². The number of nitrogens with two attached hydrogens (primary N) is 1. The lowest BCUT2D eigenvalue weighted by Crippen LogP contribution is -1.82. The van der Waals surface area contributed by atoms with Gasteiger partial charge >= 0.3 is 0 Å². The first kappa shape index (κ1) is 10.7. The van der Waals surface area contributed by atoms with Gasteiger partial charge in [0.2, 0.25) is 0 Å². The summed E-state index contributed by atoms with van der Waals surface area (Å²) >= 11 is 0. The Kier molecular flexibility index (Phi) is 2.45. The van der Waals surface area contributed by atoms with Crippen LogP contribution in [0, 0.1) is 0 Å². The Hall–Kier alpha value is -2.42. The van der Waals surface area contributed by atoms with Crippen LogP contribution >= 0.6 is 0 Å². The van der Waals surface area contributed by atoms with Crippen LogP contribution in [0.5, 0.6) is 5.75 Å². The summed E-state index contributed by atoms with van der Waals surface area (Å²) in [6.45, 7) is 0. The number of anilines is 1. The average molecular weight is 238 g/mol. The van der Waals surface area contributed by atoms with Gasteiger partial charge in [0.05, 0.1) is 7.11 Å². The number of hydrogen-bond acceptors (Lipinski definition) is 2. The van der Waals surface area contributed by atoms with Gasteiger partial charge in [0.1, 0.15) is 5.75 Å². The van der Waals surface area contributed by atoms with Gasteiger partial charge in [0, 0.05) is 22.3 Å². The molecule has 3 nitrogen and oxygen atoms in total. The summed E-state index contributed by atoms with van der Waals surface area (Å²) in [7, 11) is 1.67. The van der Waals surface area contributed by atoms with Crippen molar-refractivity contribution in [3.8, 4) is 17.0 Å². The van der Waals surface area contributed by atoms with E-state index in [4.69, 9.17) is 10.5 Å². The lowest BCUT2D eigenvalue weighted by Gasteiger charge is -2.01. The van der Waals surface area contributed by atoms with E-state index in [2.05, 4.69) is 11.1 Å². The summed E-state index contributed by atoms with van der Waals surface area (Å²) in [5.41, 5.74) is 9.98. The number of hydrogen-bond donors (Lipinski definition) is 2. The molecule has 0 saturated heterocycles. The lowest BCUT2D eigenvalue weighted by molar-refractivity contribution is 0.415. The van der Waals surface area contributed by atoms with Crippen molar-refractivity contribution in [2.45, 2.75) is 0 Å². The summed E-state index contributed by atoms with van der Waals surface area (Å²) in [5.74, 6) is 0.856. The van der Waals surface area contributed by atoms with Gasteiger partial charge in [0.15, 0.2) is 0 Å². The van der Waals surface area contributed by atoms with Gasteiger partial charge in [-0.3, -0.25) is 0 Å². The van der Waals surface area contributed by atoms with Crippen molar-refractivity contribution in [3.63, 3.8) is 0 Å². The molecule has 0 amide bonds. The highest BCUT2D eigenvalue weighted by Crippen LogP contribution is 2.28. The second kappa shape index (κ2) is 4.11. The third kappa shape index (κ3) is 1.70. The Labute approximate surface area is 105 Å². The average Bonchev–Trinajstić information content (AvgIpc) is 2.84. The van der Waals surface area contributed by atoms with E-state index in [-0.39, 0.29) is 0 Å². The van der Waals surface area contributed by atoms with Crippen LogP contribution in [-0.2, 0) is 0 Å². The zero-order valence-electron chi connectivity index (χ0n) is 10.1. The fraction of sp³-hybridized carbons (Fsp3) is 0.0667. The van der Waals surface area contributed by atoms with Gasteiger partial charge in [-0.2, -0.15) is 0 Å². The summed E-state index contributed by atoms with van der Waals surface area (Å²) < 4.78 is 5.15. The first-order valence-electron chi connectivity index (χ1n) is 5.79. The summed E-state index contributed by atoms with van der Waals surface area (Å²) in [6.07, 6.45) is 0. The number of benzene rings is 2. The second-order valence-electron chi connectivity index (χ2n) is 4.22. The van der Waals surface area contributed by atoms with E-state index >= 15 is 0 Å². The minimum atomic E-state index is 0.795. The monoisotopic (exact) mass is 238 g/mol. The van der Waals surface area contributed by atoms with Crippen LogP contribution in [0.4, 0.5) is 5.69 Å². The zero-order chi connectivity index (χ0) is 12.5. The maximum atomic E-state index is 5.95. The maximum absolute atomic E-state index is 5.95. The molecule has 1 aromatic heterocycles. The molecule has 0 radical (unpaired) electrons. The van der Waals surface area contributed by atoms with Crippen LogP contribution in [0.1, 0.15) is 0 Å². The quantitative estimate of drug-likeness (QED) is 0.672. The van der Waals surface area contributed by atoms with Crippen LogP contribution in [0.2, 0.25) is 0 Å². The first-order valence-corrected chi connectivity index (χ1v) is 5.79. The SMILES string of the molecule is COc1ccc(-c2cc3c(N)cccc3[nH]2)cc1. The molecule has 0 aliphatic carbocycles. The largest absolute Gasteiger partial charge is 0.497 e. The van der Waals surface area contributed by atoms with Crippen molar-refractivity contribution in [1.82, 2.24) is 4.98 Å². The fourth-order valence-electron chi connectivity index (χ4n) is 2.10. The number of rotatable bonds is 2. The standard InChI is InChI=1S/C15H14N2O/c1-18-11-7-5-10(6-8-11)15-9-12-13(16)3-2-4-14(12)17-15/h2-9,17H,16H2,1H3. The summed E-state index contributed by atoms with van der Waals surface area (Å²) in [6, 6.07) is 15.9. The number of fused-ring (bicyclic) bond motifs is 1. The number of aromatic amines is 1. The molecular formula is C15H14N2O. The Morgan fingerprint density at radius 3 is 2.50 bits per heavy atom. The van der Waals surface area contributed by atoms with E-state index in [1.165, 1.54) is 0 Å². The highest BCUT2D eigenvalue weighted by atomic mass is 16.5. The molecule has 3 N–H and O–H groups in total. The highest BCUT2D eigenvalue weighted by Gasteiger charge is 2.05. The van der Waals surface area contributed by atoms with Gasteiger partial charge in [-0.05, 0) is 48.0 Å². The normalized spacial score (nSPS) is 10.7. The van der Waals surface area contributed by atoms with Gasteiger partial charge in [-0.25, -0.2) is 0 Å². The molecule has 0 aliphatic rings. The molecule has 3 heteroatoms. The predicted octanol–water partition coefficient (Wildman–Crippen LogP) is 3.43. The molecule has 3 aromatic rings. The number of ether oxygens (including phenoxy) is 1. The molecule has 0 unspecified atom stereocenters. The van der Waals surface area contributed by atoms with Crippen molar-refractivity contribution < 1.29 is 4.74 Å². The smallest absolute Gasteiger partial charge is 0.118 e. The molecule has 90 valence electrons. The molecule has 1 heterocycles. The third-order valence-corrected chi connectivity index (χ3v) is 3.10. The molecule has 2 aromatic carbocycles. The van der Waals surface area contributed by atoms with E-state index in [9.17, 15) is 0 Å². The molecule has 18 heavy (non-hydrogen) atoms. The molecule has 0 spiro atoms. The summed E-state index contributed by atoms with van der Waals surface area (Å²) in [4.78, 5) is 3.37. The van der Waals surface area contributed by atoms with Crippen molar-refractivity contribution in [2.75, 3.05) is 12.8 Å². The third-order valence-electron chi connectivity index (χ3n) is 3.10. The van der Waals surface area contributed by atoms with E-state index in [0.29, 0.717) is 0 Å². The predicted molar refractivity (Wildman–Crippen MR) is 74.7 cm³/mol. The molecule has 0 bridgehead atoms. The highest BCUT2D eigenvalue weighted by molar-refractivity contribution is 5.94. The maximum Gasteiger partial charge on any atom is 0.118 e. The van der Waals surface area contributed by atoms with Crippen LogP contribution in [0.25, 0.3) is 22.2 Å². The molecule has 0 aliphatic heterocycles. The van der Waals surface area contributed by atoms with Crippen LogP contribution in [-0.4, -0.2) is 12.1 Å². The lowest BCUT2D eigenvalue weighted by atomic mass is 10.1. The minimum absolute atomic E-state index is 0.795. The van der Waals surface area contributed by atoms with Crippen molar-refractivity contribution >= 4 is 16.6 Å². The van der Waals surface area contributed by atoms with Gasteiger partial charge in [-0.1, -0.05) is 6.07 Å². The fourth-order valence-corrected chi connectivity index (χ4v) is 2.10. The molecule has 0 atom stereocenters. The van der Waals surface area contributed by atoms with Gasteiger partial charge in [-0.15, -0.1) is 0 Å². The van der Waals surface area contributed by atoms with E-state index in [1.54, 1.807) is 7.11 Å². The van der Waals surface area contributed by atoms with Gasteiger partial charge < -0.3 is 15.5 Å². The molecule has 0 saturated carbocycles. The molecule has 0 fully saturated rings. The second-order valence-corrected chi connectivity index (χ2v) is 4.22. The Balaban J connectivity index is 2.10. The minimum Gasteiger partial charge on any atom is -0.497 e. The Bertz CT molecular complexity index is 683. The number of methoxy groups -OCH3 is 1. The van der Waals surface area contributed by atoms with E-state index < -0.39 is 0 Å². The zero-order valence-corrected chi connectivity index (χ0v) is 10.1. The number of nitrogens with one attached hydrogen (secondary N) is 1. The topological polar surface area (TPSA) is 51.0 Å². The van der Waals surface area contributed by atoms with Crippen molar-refractivity contribution in [2.24, 2.45) is 0 Å². The van der Waals surface area contributed by atoms with Crippen LogP contribution in [0.15, 0.2) is 48.5 Å². The molecular weight excluding hydrogens is 224 g/mol. The van der Waals surface area contributed by atoms with Crippen molar-refractivity contribution in [3.05, 3.63) is 48.5 Å². The van der Waals surface area contributed by atoms with Gasteiger partial charge in [0.25, 0.3) is 0 Å². The Morgan fingerprint density at radius 2 is 1.83 bits per heavy atom. The van der Waals surface area contributed by atoms with Crippen LogP contribution in [0.3, 0.4) is 0 Å². The van der Waals surface area contributed by atoms with E-state index in [0.717, 1.165) is 33.6 Å². The van der Waals surface area contributed by atoms with E-state index in [1.807, 2.05) is 42.5 Å².